The van der Waals surface area contributed by atoms with Crippen LogP contribution in [0, 0.1) is 12.7 Å². The summed E-state index contributed by atoms with van der Waals surface area (Å²) in [5.74, 6) is 0.0550. The van der Waals surface area contributed by atoms with Crippen LogP contribution in [0.15, 0.2) is 24.3 Å². The maximum absolute atomic E-state index is 13.4. The van der Waals surface area contributed by atoms with E-state index in [-0.39, 0.29) is 11.1 Å². The van der Waals surface area contributed by atoms with Gasteiger partial charge in [0.05, 0.1) is 17.3 Å². The largest absolute Gasteiger partial charge is 0.481 e. The smallest absolute Gasteiger partial charge is 0.150 e. The molecule has 0 bridgehead atoms. The Labute approximate surface area is 113 Å². The Balaban J connectivity index is 1.91. The van der Waals surface area contributed by atoms with E-state index >= 15 is 0 Å². The standard InChI is InChI=1S/C13H11ClFNOS/c1-7-2-3-13(18-7)12-6-16-10-4-8(14)9(15)5-11(10)17-12/h2-5,12,16H,6H2,1H3. The lowest BCUT2D eigenvalue weighted by Crippen LogP contribution is -2.22. The molecule has 3 rings (SSSR count). The summed E-state index contributed by atoms with van der Waals surface area (Å²) in [6.45, 7) is 2.72. The molecule has 2 heterocycles. The Morgan fingerprint density at radius 1 is 1.44 bits per heavy atom. The Hall–Kier alpha value is -1.26. The minimum absolute atomic E-state index is 0.0724. The van der Waals surface area contributed by atoms with E-state index in [1.165, 1.54) is 10.9 Å². The number of rotatable bonds is 1. The Morgan fingerprint density at radius 2 is 2.28 bits per heavy atom. The van der Waals surface area contributed by atoms with Crippen molar-refractivity contribution in [3.05, 3.63) is 44.9 Å². The lowest BCUT2D eigenvalue weighted by molar-refractivity contribution is 0.213. The van der Waals surface area contributed by atoms with Crippen molar-refractivity contribution in [1.82, 2.24) is 0 Å². The zero-order chi connectivity index (χ0) is 12.7. The van der Waals surface area contributed by atoms with Crippen LogP contribution in [-0.2, 0) is 0 Å². The first-order chi connectivity index (χ1) is 8.63. The van der Waals surface area contributed by atoms with E-state index in [0.29, 0.717) is 12.3 Å². The third-order valence-electron chi connectivity index (χ3n) is 2.85. The summed E-state index contributed by atoms with van der Waals surface area (Å²) in [5, 5.41) is 3.33. The second kappa shape index (κ2) is 4.44. The molecular weight excluding hydrogens is 273 g/mol. The number of anilines is 1. The van der Waals surface area contributed by atoms with Gasteiger partial charge in [-0.3, -0.25) is 0 Å². The molecule has 18 heavy (non-hydrogen) atoms. The highest BCUT2D eigenvalue weighted by Crippen LogP contribution is 2.38. The Morgan fingerprint density at radius 3 is 3.00 bits per heavy atom. The first-order valence-corrected chi connectivity index (χ1v) is 6.79. The number of thiophene rings is 1. The van der Waals surface area contributed by atoms with Crippen molar-refractivity contribution < 1.29 is 9.13 Å². The molecule has 2 aromatic rings. The predicted molar refractivity (Wildman–Crippen MR) is 72.3 cm³/mol. The SMILES string of the molecule is Cc1ccc(C2CNc3cc(Cl)c(F)cc3O2)s1. The normalized spacial score (nSPS) is 17.8. The van der Waals surface area contributed by atoms with Crippen LogP contribution in [0.5, 0.6) is 5.75 Å². The Kier molecular flexibility index (Phi) is 2.92. The second-order valence-electron chi connectivity index (χ2n) is 4.20. The molecule has 1 aromatic carbocycles. The van der Waals surface area contributed by atoms with E-state index in [4.69, 9.17) is 16.3 Å². The van der Waals surface area contributed by atoms with Crippen LogP contribution in [-0.4, -0.2) is 6.54 Å². The topological polar surface area (TPSA) is 21.3 Å². The summed E-state index contributed by atoms with van der Waals surface area (Å²) in [7, 11) is 0. The summed E-state index contributed by atoms with van der Waals surface area (Å²) >= 11 is 7.43. The second-order valence-corrected chi connectivity index (χ2v) is 5.92. The summed E-state index contributed by atoms with van der Waals surface area (Å²) in [6.07, 6.45) is -0.0724. The minimum atomic E-state index is -0.458. The number of benzene rings is 1. The first kappa shape index (κ1) is 11.8. The van der Waals surface area contributed by atoms with Crippen molar-refractivity contribution in [2.45, 2.75) is 13.0 Å². The van der Waals surface area contributed by atoms with Crippen molar-refractivity contribution in [2.24, 2.45) is 0 Å². The van der Waals surface area contributed by atoms with Crippen molar-refractivity contribution in [3.8, 4) is 5.75 Å². The van der Waals surface area contributed by atoms with Crippen molar-refractivity contribution in [1.29, 1.82) is 0 Å². The molecule has 0 spiro atoms. The monoisotopic (exact) mass is 283 g/mol. The fourth-order valence-electron chi connectivity index (χ4n) is 1.95. The third kappa shape index (κ3) is 2.06. The van der Waals surface area contributed by atoms with Crippen LogP contribution in [0.25, 0.3) is 0 Å². The molecule has 1 aliphatic heterocycles. The minimum Gasteiger partial charge on any atom is -0.481 e. The average molecular weight is 284 g/mol. The molecule has 1 N–H and O–H groups in total. The Bertz CT molecular complexity index is 599. The number of hydrogen-bond donors (Lipinski definition) is 1. The number of aryl methyl sites for hydroxylation is 1. The van der Waals surface area contributed by atoms with Crippen LogP contribution in [0.1, 0.15) is 15.9 Å². The molecule has 0 radical (unpaired) electrons. The lowest BCUT2D eigenvalue weighted by atomic mass is 10.2. The van der Waals surface area contributed by atoms with Crippen LogP contribution < -0.4 is 10.1 Å². The zero-order valence-corrected chi connectivity index (χ0v) is 11.2. The maximum atomic E-state index is 13.4. The van der Waals surface area contributed by atoms with Crippen molar-refractivity contribution in [3.63, 3.8) is 0 Å². The highest BCUT2D eigenvalue weighted by Gasteiger charge is 2.23. The summed E-state index contributed by atoms with van der Waals surface area (Å²) in [6, 6.07) is 6.99. The molecule has 1 aromatic heterocycles. The van der Waals surface area contributed by atoms with Gasteiger partial charge in [-0.1, -0.05) is 11.6 Å². The van der Waals surface area contributed by atoms with E-state index in [0.717, 1.165) is 10.6 Å². The fraction of sp³-hybridized carbons (Fsp3) is 0.231. The molecule has 0 fully saturated rings. The summed E-state index contributed by atoms with van der Waals surface area (Å²) in [4.78, 5) is 2.38. The van der Waals surface area contributed by atoms with Crippen LogP contribution >= 0.6 is 22.9 Å². The van der Waals surface area contributed by atoms with Crippen LogP contribution in [0.2, 0.25) is 5.02 Å². The van der Waals surface area contributed by atoms with Gasteiger partial charge in [0.2, 0.25) is 0 Å². The number of fused-ring (bicyclic) bond motifs is 1. The van der Waals surface area contributed by atoms with Gasteiger partial charge >= 0.3 is 0 Å². The first-order valence-electron chi connectivity index (χ1n) is 5.59. The number of halogens is 2. The third-order valence-corrected chi connectivity index (χ3v) is 4.23. The van der Waals surface area contributed by atoms with E-state index in [1.54, 1.807) is 17.4 Å². The van der Waals surface area contributed by atoms with Gasteiger partial charge in [0.1, 0.15) is 11.6 Å². The van der Waals surface area contributed by atoms with Gasteiger partial charge in [-0.15, -0.1) is 11.3 Å². The van der Waals surface area contributed by atoms with E-state index < -0.39 is 5.82 Å². The van der Waals surface area contributed by atoms with Crippen molar-refractivity contribution >= 4 is 28.6 Å². The molecule has 0 saturated heterocycles. The molecule has 5 heteroatoms. The van der Waals surface area contributed by atoms with Gasteiger partial charge in [0.15, 0.2) is 6.10 Å². The molecule has 2 nitrogen and oxygen atoms in total. The number of hydrogen-bond acceptors (Lipinski definition) is 3. The highest BCUT2D eigenvalue weighted by molar-refractivity contribution is 7.12. The molecule has 94 valence electrons. The number of nitrogens with one attached hydrogen (secondary N) is 1. The molecule has 1 atom stereocenters. The lowest BCUT2D eigenvalue weighted by Gasteiger charge is -2.27. The summed E-state index contributed by atoms with van der Waals surface area (Å²) < 4.78 is 19.2. The molecular formula is C13H11ClFNOS. The quantitative estimate of drug-likeness (QED) is 0.838. The van der Waals surface area contributed by atoms with Gasteiger partial charge < -0.3 is 10.1 Å². The van der Waals surface area contributed by atoms with E-state index in [9.17, 15) is 4.39 Å². The van der Waals surface area contributed by atoms with Gasteiger partial charge in [0, 0.05) is 15.8 Å². The molecule has 0 saturated carbocycles. The molecule has 1 aliphatic rings. The molecule has 1 unspecified atom stereocenters. The van der Waals surface area contributed by atoms with E-state index in [1.807, 2.05) is 6.07 Å². The maximum Gasteiger partial charge on any atom is 0.150 e. The zero-order valence-electron chi connectivity index (χ0n) is 9.67. The van der Waals surface area contributed by atoms with Gasteiger partial charge in [0.25, 0.3) is 0 Å². The average Bonchev–Trinajstić information content (AvgIpc) is 2.77. The summed E-state index contributed by atoms with van der Waals surface area (Å²) in [5.41, 5.74) is 0.742. The molecule has 0 aliphatic carbocycles. The highest BCUT2D eigenvalue weighted by atomic mass is 35.5. The fourth-order valence-corrected chi connectivity index (χ4v) is 3.02. The molecule has 0 amide bonds. The van der Waals surface area contributed by atoms with E-state index in [2.05, 4.69) is 18.3 Å². The number of ether oxygens (including phenoxy) is 1. The van der Waals surface area contributed by atoms with Crippen LogP contribution in [0.4, 0.5) is 10.1 Å². The van der Waals surface area contributed by atoms with Gasteiger partial charge in [-0.05, 0) is 25.1 Å². The van der Waals surface area contributed by atoms with Gasteiger partial charge in [-0.25, -0.2) is 4.39 Å². The predicted octanol–water partition coefficient (Wildman–Crippen LogP) is 4.39. The van der Waals surface area contributed by atoms with Crippen LogP contribution in [0.3, 0.4) is 0 Å². The van der Waals surface area contributed by atoms with Gasteiger partial charge in [-0.2, -0.15) is 0 Å². The van der Waals surface area contributed by atoms with Crippen molar-refractivity contribution in [2.75, 3.05) is 11.9 Å².